The van der Waals surface area contributed by atoms with E-state index in [0.717, 1.165) is 47.5 Å². The van der Waals surface area contributed by atoms with Crippen molar-refractivity contribution in [2.24, 2.45) is 0 Å². The van der Waals surface area contributed by atoms with Gasteiger partial charge < -0.3 is 4.74 Å². The normalized spacial score (nSPS) is 15.1. The average Bonchev–Trinajstić information content (AvgIpc) is 3.36. The number of rotatable bonds is 8. The third kappa shape index (κ3) is 4.79. The van der Waals surface area contributed by atoms with Crippen LogP contribution in [0.3, 0.4) is 0 Å². The predicted molar refractivity (Wildman–Crippen MR) is 135 cm³/mol. The largest absolute Gasteiger partial charge is 0.497 e. The molecule has 2 heterocycles. The Balaban J connectivity index is 1.73. The van der Waals surface area contributed by atoms with Crippen molar-refractivity contribution in [1.29, 1.82) is 0 Å². The molecule has 0 unspecified atom stereocenters. The van der Waals surface area contributed by atoms with Gasteiger partial charge in [0.05, 0.1) is 17.7 Å². The lowest BCUT2D eigenvalue weighted by Crippen LogP contribution is -2.28. The topological polar surface area (TPSA) is 47.4 Å². The summed E-state index contributed by atoms with van der Waals surface area (Å²) in [6.07, 6.45) is 7.00. The Kier molecular flexibility index (Phi) is 7.07. The van der Waals surface area contributed by atoms with E-state index >= 15 is 0 Å². The van der Waals surface area contributed by atoms with E-state index in [4.69, 9.17) is 22.1 Å². The zero-order valence-corrected chi connectivity index (χ0v) is 19.8. The number of thiocarbonyl (C=S) groups is 1. The summed E-state index contributed by atoms with van der Waals surface area (Å²) >= 11 is 6.85. The first-order valence-corrected chi connectivity index (χ1v) is 11.9. The number of nitrogens with zero attached hydrogens (tertiary/aromatic N) is 3. The van der Waals surface area contributed by atoms with E-state index in [0.29, 0.717) is 15.8 Å². The number of carbonyl (C=O) groups is 1. The number of carbonyl (C=O) groups excluding carboxylic acids is 1. The molecule has 0 bridgehead atoms. The number of aromatic nitrogens is 2. The molecule has 1 aromatic heterocycles. The molecule has 0 N–H and O–H groups in total. The lowest BCUT2D eigenvalue weighted by Gasteiger charge is -2.13. The SMILES string of the molecule is CCCCCN1C(=O)/C(=C/c2cn(-c3ccccc3)nc2-c2cccc(OC)c2)SC1=S. The minimum absolute atomic E-state index is 0.0276. The van der Waals surface area contributed by atoms with E-state index in [1.54, 1.807) is 12.0 Å². The van der Waals surface area contributed by atoms with Gasteiger partial charge in [-0.25, -0.2) is 4.68 Å². The van der Waals surface area contributed by atoms with Crippen molar-refractivity contribution in [2.45, 2.75) is 26.2 Å². The maximum atomic E-state index is 13.0. The molecule has 3 aromatic rings. The standard InChI is InChI=1S/C25H25N3O2S2/c1-3-4-8-14-27-24(29)22(32-25(27)31)16-19-17-28(20-11-6-5-7-12-20)26-23(19)18-10-9-13-21(15-18)30-2/h5-7,9-13,15-17H,3-4,8,14H2,1-2H3/b22-16-. The van der Waals surface area contributed by atoms with Gasteiger partial charge in [-0.3, -0.25) is 9.69 Å². The second kappa shape index (κ2) is 10.1. The van der Waals surface area contributed by atoms with Crippen LogP contribution < -0.4 is 4.74 Å². The van der Waals surface area contributed by atoms with E-state index in [1.807, 2.05) is 71.6 Å². The first-order valence-electron chi connectivity index (χ1n) is 10.7. The van der Waals surface area contributed by atoms with Gasteiger partial charge in [0.15, 0.2) is 0 Å². The summed E-state index contributed by atoms with van der Waals surface area (Å²) in [6, 6.07) is 17.7. The highest BCUT2D eigenvalue weighted by Gasteiger charge is 2.32. The summed E-state index contributed by atoms with van der Waals surface area (Å²) in [5.41, 5.74) is 3.51. The maximum Gasteiger partial charge on any atom is 0.266 e. The molecule has 1 amide bonds. The summed E-state index contributed by atoms with van der Waals surface area (Å²) in [5.74, 6) is 0.727. The molecule has 164 valence electrons. The van der Waals surface area contributed by atoms with Crippen LogP contribution in [0.25, 0.3) is 23.0 Å². The molecule has 1 fully saturated rings. The van der Waals surface area contributed by atoms with Crippen LogP contribution in [0.15, 0.2) is 65.7 Å². The van der Waals surface area contributed by atoms with Gasteiger partial charge in [-0.15, -0.1) is 0 Å². The van der Waals surface area contributed by atoms with Gasteiger partial charge >= 0.3 is 0 Å². The summed E-state index contributed by atoms with van der Waals surface area (Å²) in [6.45, 7) is 2.82. The van der Waals surface area contributed by atoms with Crippen LogP contribution in [0.5, 0.6) is 5.75 Å². The number of benzene rings is 2. The Morgan fingerprint density at radius 1 is 1.12 bits per heavy atom. The molecule has 32 heavy (non-hydrogen) atoms. The van der Waals surface area contributed by atoms with E-state index in [1.165, 1.54) is 11.8 Å². The summed E-state index contributed by atoms with van der Waals surface area (Å²) < 4.78 is 7.86. The molecular formula is C25H25N3O2S2. The average molecular weight is 464 g/mol. The van der Waals surface area contributed by atoms with Gasteiger partial charge in [0.2, 0.25) is 0 Å². The molecule has 1 saturated heterocycles. The fourth-order valence-electron chi connectivity index (χ4n) is 3.55. The maximum absolute atomic E-state index is 13.0. The van der Waals surface area contributed by atoms with Crippen molar-refractivity contribution in [3.63, 3.8) is 0 Å². The predicted octanol–water partition coefficient (Wildman–Crippen LogP) is 5.94. The van der Waals surface area contributed by atoms with Gasteiger partial charge in [-0.05, 0) is 36.8 Å². The van der Waals surface area contributed by atoms with Crippen molar-refractivity contribution in [3.8, 4) is 22.7 Å². The van der Waals surface area contributed by atoms with Crippen LogP contribution in [0.2, 0.25) is 0 Å². The third-order valence-corrected chi connectivity index (χ3v) is 6.63. The van der Waals surface area contributed by atoms with Crippen LogP contribution in [0.4, 0.5) is 0 Å². The van der Waals surface area contributed by atoms with Gasteiger partial charge in [0, 0.05) is 23.9 Å². The monoisotopic (exact) mass is 463 g/mol. The Morgan fingerprint density at radius 2 is 1.94 bits per heavy atom. The number of hydrogen-bond donors (Lipinski definition) is 0. The molecule has 0 atom stereocenters. The number of amides is 1. The molecule has 1 aliphatic heterocycles. The van der Waals surface area contributed by atoms with E-state index in [9.17, 15) is 4.79 Å². The highest BCUT2D eigenvalue weighted by atomic mass is 32.2. The quantitative estimate of drug-likeness (QED) is 0.235. The van der Waals surface area contributed by atoms with Gasteiger partial charge in [0.25, 0.3) is 5.91 Å². The Hall–Kier alpha value is -2.90. The third-order valence-electron chi connectivity index (χ3n) is 5.25. The summed E-state index contributed by atoms with van der Waals surface area (Å²) in [5, 5.41) is 4.84. The zero-order chi connectivity index (χ0) is 22.5. The van der Waals surface area contributed by atoms with Crippen LogP contribution in [-0.4, -0.2) is 38.6 Å². The number of para-hydroxylation sites is 1. The van der Waals surface area contributed by atoms with Crippen LogP contribution in [0.1, 0.15) is 31.7 Å². The second-order valence-corrected chi connectivity index (χ2v) is 9.16. The molecule has 0 spiro atoms. The smallest absolute Gasteiger partial charge is 0.266 e. The van der Waals surface area contributed by atoms with Gasteiger partial charge in [-0.1, -0.05) is 74.1 Å². The molecular weight excluding hydrogens is 438 g/mol. The fraction of sp³-hybridized carbons (Fsp3) is 0.240. The molecule has 7 heteroatoms. The number of ether oxygens (including phenoxy) is 1. The highest BCUT2D eigenvalue weighted by molar-refractivity contribution is 8.26. The van der Waals surface area contributed by atoms with Crippen molar-refractivity contribution >= 4 is 40.3 Å². The Labute approximate surface area is 198 Å². The van der Waals surface area contributed by atoms with Gasteiger partial charge in [-0.2, -0.15) is 5.10 Å². The van der Waals surface area contributed by atoms with E-state index in [-0.39, 0.29) is 5.91 Å². The molecule has 0 radical (unpaired) electrons. The van der Waals surface area contributed by atoms with Crippen molar-refractivity contribution in [3.05, 3.63) is 71.3 Å². The summed E-state index contributed by atoms with van der Waals surface area (Å²) in [7, 11) is 1.65. The van der Waals surface area contributed by atoms with Gasteiger partial charge in [0.1, 0.15) is 15.8 Å². The fourth-order valence-corrected chi connectivity index (χ4v) is 4.85. The molecule has 1 aliphatic rings. The molecule has 4 rings (SSSR count). The number of thioether (sulfide) groups is 1. The minimum Gasteiger partial charge on any atom is -0.497 e. The molecule has 0 saturated carbocycles. The highest BCUT2D eigenvalue weighted by Crippen LogP contribution is 2.35. The van der Waals surface area contributed by atoms with Crippen LogP contribution in [0, 0.1) is 0 Å². The Bertz CT molecular complexity index is 1160. The molecule has 2 aromatic carbocycles. The lowest BCUT2D eigenvalue weighted by atomic mass is 10.1. The summed E-state index contributed by atoms with van der Waals surface area (Å²) in [4.78, 5) is 15.4. The van der Waals surface area contributed by atoms with Crippen molar-refractivity contribution < 1.29 is 9.53 Å². The zero-order valence-electron chi connectivity index (χ0n) is 18.2. The molecule has 0 aliphatic carbocycles. The van der Waals surface area contributed by atoms with Crippen molar-refractivity contribution in [1.82, 2.24) is 14.7 Å². The molecule has 5 nitrogen and oxygen atoms in total. The number of hydrogen-bond acceptors (Lipinski definition) is 5. The number of methoxy groups -OCH3 is 1. The minimum atomic E-state index is -0.0276. The van der Waals surface area contributed by atoms with E-state index in [2.05, 4.69) is 6.92 Å². The Morgan fingerprint density at radius 3 is 2.69 bits per heavy atom. The first kappa shape index (κ1) is 22.3. The lowest BCUT2D eigenvalue weighted by molar-refractivity contribution is -0.122. The van der Waals surface area contributed by atoms with Crippen LogP contribution >= 0.6 is 24.0 Å². The van der Waals surface area contributed by atoms with E-state index < -0.39 is 0 Å². The second-order valence-electron chi connectivity index (χ2n) is 7.49. The van der Waals surface area contributed by atoms with Crippen molar-refractivity contribution in [2.75, 3.05) is 13.7 Å². The van der Waals surface area contributed by atoms with Crippen LogP contribution in [-0.2, 0) is 4.79 Å². The number of unbranched alkanes of at least 4 members (excludes halogenated alkanes) is 2. The first-order chi connectivity index (χ1) is 15.6.